The first kappa shape index (κ1) is 13.8. The summed E-state index contributed by atoms with van der Waals surface area (Å²) in [6.45, 7) is 1.60. The topological polar surface area (TPSA) is 55.4 Å². The predicted octanol–water partition coefficient (Wildman–Crippen LogP) is 2.62. The minimum atomic E-state index is -0.561. The van der Waals surface area contributed by atoms with Crippen molar-refractivity contribution in [1.82, 2.24) is 0 Å². The summed E-state index contributed by atoms with van der Waals surface area (Å²) in [6, 6.07) is 3.82. The highest BCUT2D eigenvalue weighted by atomic mass is 35.5. The molecule has 0 bridgehead atoms. The number of esters is 1. The Balaban J connectivity index is 1.80. The molecule has 0 aliphatic heterocycles. The minimum Gasteiger partial charge on any atom is -0.455 e. The van der Waals surface area contributed by atoms with Crippen LogP contribution in [0.2, 0.25) is 5.02 Å². The fraction of sp³-hybridized carbons (Fsp3) is 0.385. The Morgan fingerprint density at radius 1 is 1.53 bits per heavy atom. The van der Waals surface area contributed by atoms with Gasteiger partial charge in [0.25, 0.3) is 5.91 Å². The number of hydrogen-bond acceptors (Lipinski definition) is 3. The van der Waals surface area contributed by atoms with Gasteiger partial charge in [-0.15, -0.1) is 0 Å². The minimum absolute atomic E-state index is 0.0759. The first-order valence-electron chi connectivity index (χ1n) is 5.89. The van der Waals surface area contributed by atoms with Gasteiger partial charge in [0.15, 0.2) is 6.61 Å². The molecule has 0 radical (unpaired) electrons. The maximum Gasteiger partial charge on any atom is 0.309 e. The molecule has 6 heteroatoms. The molecular formula is C13H13ClFNO3. The summed E-state index contributed by atoms with van der Waals surface area (Å²) >= 11 is 5.58. The molecule has 1 amide bonds. The van der Waals surface area contributed by atoms with Gasteiger partial charge in [0.05, 0.1) is 10.9 Å². The van der Waals surface area contributed by atoms with E-state index in [2.05, 4.69) is 5.32 Å². The quantitative estimate of drug-likeness (QED) is 0.865. The van der Waals surface area contributed by atoms with E-state index in [1.165, 1.54) is 12.1 Å². The third kappa shape index (κ3) is 3.67. The summed E-state index contributed by atoms with van der Waals surface area (Å²) in [5.74, 6) is -1.13. The summed E-state index contributed by atoms with van der Waals surface area (Å²) in [5.41, 5.74) is 0.354. The first-order valence-corrected chi connectivity index (χ1v) is 6.26. The number of hydrogen-bond donors (Lipinski definition) is 1. The molecule has 1 N–H and O–H groups in total. The number of rotatable bonds is 4. The van der Waals surface area contributed by atoms with E-state index in [-0.39, 0.29) is 23.5 Å². The molecule has 0 heterocycles. The summed E-state index contributed by atoms with van der Waals surface area (Å²) in [4.78, 5) is 22.9. The van der Waals surface area contributed by atoms with Gasteiger partial charge >= 0.3 is 5.97 Å². The van der Waals surface area contributed by atoms with Crippen LogP contribution in [0, 0.1) is 17.7 Å². The zero-order chi connectivity index (χ0) is 14.0. The fourth-order valence-corrected chi connectivity index (χ4v) is 1.85. The van der Waals surface area contributed by atoms with E-state index in [1.807, 2.05) is 6.92 Å². The van der Waals surface area contributed by atoms with Gasteiger partial charge in [0, 0.05) is 5.69 Å². The second kappa shape index (κ2) is 5.57. The van der Waals surface area contributed by atoms with Crippen LogP contribution < -0.4 is 5.32 Å². The zero-order valence-electron chi connectivity index (χ0n) is 10.3. The van der Waals surface area contributed by atoms with Crippen LogP contribution >= 0.6 is 11.6 Å². The summed E-state index contributed by atoms with van der Waals surface area (Å²) in [5, 5.41) is 2.39. The van der Waals surface area contributed by atoms with Crippen molar-refractivity contribution in [2.45, 2.75) is 13.3 Å². The smallest absolute Gasteiger partial charge is 0.309 e. The zero-order valence-corrected chi connectivity index (χ0v) is 11.0. The van der Waals surface area contributed by atoms with Gasteiger partial charge in [0.2, 0.25) is 0 Å². The van der Waals surface area contributed by atoms with E-state index >= 15 is 0 Å². The highest BCUT2D eigenvalue weighted by molar-refractivity contribution is 6.31. The van der Waals surface area contributed by atoms with E-state index in [1.54, 1.807) is 0 Å². The predicted molar refractivity (Wildman–Crippen MR) is 68.3 cm³/mol. The second-order valence-corrected chi connectivity index (χ2v) is 5.01. The van der Waals surface area contributed by atoms with Crippen LogP contribution in [0.25, 0.3) is 0 Å². The molecule has 2 rings (SSSR count). The molecule has 1 saturated carbocycles. The van der Waals surface area contributed by atoms with E-state index in [9.17, 15) is 14.0 Å². The van der Waals surface area contributed by atoms with Crippen LogP contribution in [0.15, 0.2) is 18.2 Å². The average molecular weight is 286 g/mol. The van der Waals surface area contributed by atoms with Crippen LogP contribution in [-0.4, -0.2) is 18.5 Å². The molecule has 1 aliphatic carbocycles. The highest BCUT2D eigenvalue weighted by Gasteiger charge is 2.40. The third-order valence-corrected chi connectivity index (χ3v) is 3.25. The van der Waals surface area contributed by atoms with Crippen LogP contribution in [-0.2, 0) is 14.3 Å². The van der Waals surface area contributed by atoms with Gasteiger partial charge in [-0.2, -0.15) is 0 Å². The Hall–Kier alpha value is -1.62. The molecule has 1 aromatic rings. The molecule has 0 aromatic heterocycles. The highest BCUT2D eigenvalue weighted by Crippen LogP contribution is 2.38. The van der Waals surface area contributed by atoms with Gasteiger partial charge in [0.1, 0.15) is 5.82 Å². The second-order valence-electron chi connectivity index (χ2n) is 4.60. The summed E-state index contributed by atoms with van der Waals surface area (Å²) < 4.78 is 17.8. The molecule has 102 valence electrons. The van der Waals surface area contributed by atoms with Crippen LogP contribution in [0.4, 0.5) is 10.1 Å². The maximum atomic E-state index is 12.9. The van der Waals surface area contributed by atoms with Gasteiger partial charge in [-0.3, -0.25) is 9.59 Å². The third-order valence-electron chi connectivity index (χ3n) is 2.96. The summed E-state index contributed by atoms with van der Waals surface area (Å²) in [6.07, 6.45) is 0.814. The first-order chi connectivity index (χ1) is 8.97. The Bertz CT molecular complexity index is 521. The van der Waals surface area contributed by atoms with Crippen molar-refractivity contribution in [2.24, 2.45) is 11.8 Å². The maximum absolute atomic E-state index is 12.9. The van der Waals surface area contributed by atoms with E-state index in [0.29, 0.717) is 11.6 Å². The van der Waals surface area contributed by atoms with Crippen LogP contribution in [0.1, 0.15) is 13.3 Å². The monoisotopic (exact) mass is 285 g/mol. The Labute approximate surface area is 114 Å². The Kier molecular flexibility index (Phi) is 4.04. The number of halogens is 2. The van der Waals surface area contributed by atoms with E-state index < -0.39 is 11.7 Å². The Morgan fingerprint density at radius 3 is 2.79 bits per heavy atom. The molecule has 1 fully saturated rings. The molecule has 0 unspecified atom stereocenters. The molecule has 1 aliphatic rings. The molecule has 2 atom stereocenters. The van der Waals surface area contributed by atoms with Crippen molar-refractivity contribution in [3.63, 3.8) is 0 Å². The number of anilines is 1. The van der Waals surface area contributed by atoms with Crippen molar-refractivity contribution < 1.29 is 18.7 Å². The van der Waals surface area contributed by atoms with Crippen molar-refractivity contribution >= 4 is 29.2 Å². The molecule has 0 spiro atoms. The summed E-state index contributed by atoms with van der Waals surface area (Å²) in [7, 11) is 0. The lowest BCUT2D eigenvalue weighted by molar-refractivity contribution is -0.148. The van der Waals surface area contributed by atoms with Gasteiger partial charge in [-0.05, 0) is 30.5 Å². The number of ether oxygens (including phenoxy) is 1. The number of nitrogens with one attached hydrogen (secondary N) is 1. The molecule has 19 heavy (non-hydrogen) atoms. The fourth-order valence-electron chi connectivity index (χ4n) is 1.67. The van der Waals surface area contributed by atoms with Crippen LogP contribution in [0.3, 0.4) is 0 Å². The normalized spacial score (nSPS) is 20.8. The largest absolute Gasteiger partial charge is 0.455 e. The van der Waals surface area contributed by atoms with Crippen molar-refractivity contribution in [2.75, 3.05) is 11.9 Å². The molecule has 4 nitrogen and oxygen atoms in total. The van der Waals surface area contributed by atoms with Crippen LogP contribution in [0.5, 0.6) is 0 Å². The van der Waals surface area contributed by atoms with E-state index in [4.69, 9.17) is 16.3 Å². The average Bonchev–Trinajstić information content (AvgIpc) is 3.08. The SMILES string of the molecule is C[C@@H]1C[C@H]1C(=O)OCC(=O)Nc1ccc(F)c(Cl)c1. The number of carbonyl (C=O) groups excluding carboxylic acids is 2. The lowest BCUT2D eigenvalue weighted by Gasteiger charge is -2.07. The lowest BCUT2D eigenvalue weighted by Crippen LogP contribution is -2.21. The molecule has 1 aromatic carbocycles. The van der Waals surface area contributed by atoms with E-state index in [0.717, 1.165) is 12.5 Å². The van der Waals surface area contributed by atoms with Crippen molar-refractivity contribution in [3.05, 3.63) is 29.0 Å². The van der Waals surface area contributed by atoms with Crippen molar-refractivity contribution in [3.8, 4) is 0 Å². The standard InChI is InChI=1S/C13H13ClFNO3/c1-7-4-9(7)13(18)19-6-12(17)16-8-2-3-11(15)10(14)5-8/h2-3,5,7,9H,4,6H2,1H3,(H,16,17)/t7-,9-/m1/s1. The number of amides is 1. The number of carbonyl (C=O) groups is 2. The van der Waals surface area contributed by atoms with Crippen molar-refractivity contribution in [1.29, 1.82) is 0 Å². The Morgan fingerprint density at radius 2 is 2.21 bits per heavy atom. The van der Waals surface area contributed by atoms with Gasteiger partial charge < -0.3 is 10.1 Å². The van der Waals surface area contributed by atoms with Gasteiger partial charge in [-0.1, -0.05) is 18.5 Å². The molecular weight excluding hydrogens is 273 g/mol. The molecule has 0 saturated heterocycles. The van der Waals surface area contributed by atoms with Gasteiger partial charge in [-0.25, -0.2) is 4.39 Å². The number of benzene rings is 1. The lowest BCUT2D eigenvalue weighted by atomic mass is 10.3.